The predicted molar refractivity (Wildman–Crippen MR) is 111 cm³/mol. The van der Waals surface area contributed by atoms with Crippen LogP contribution in [0, 0.1) is 6.92 Å². The van der Waals surface area contributed by atoms with Crippen molar-refractivity contribution in [2.24, 2.45) is 0 Å². The number of aromatic nitrogens is 2. The van der Waals surface area contributed by atoms with Crippen LogP contribution in [0.1, 0.15) is 36.8 Å². The molecule has 0 atom stereocenters. The van der Waals surface area contributed by atoms with Crippen molar-refractivity contribution in [2.45, 2.75) is 57.6 Å². The largest absolute Gasteiger partial charge is 0.573 e. The van der Waals surface area contributed by atoms with Crippen molar-refractivity contribution in [3.8, 4) is 5.75 Å². The number of alkyl halides is 3. The lowest BCUT2D eigenvalue weighted by Gasteiger charge is -2.30. The molecule has 0 aliphatic heterocycles. The number of hydrogen-bond donors (Lipinski definition) is 2. The molecule has 9 heteroatoms. The highest BCUT2D eigenvalue weighted by molar-refractivity contribution is 5.47. The Kier molecular flexibility index (Phi) is 7.02. The molecule has 2 N–H and O–H groups in total. The highest BCUT2D eigenvalue weighted by Gasteiger charge is 2.31. The fourth-order valence-corrected chi connectivity index (χ4v) is 3.69. The van der Waals surface area contributed by atoms with Crippen molar-refractivity contribution < 1.29 is 17.9 Å². The maximum atomic E-state index is 12.4. The summed E-state index contributed by atoms with van der Waals surface area (Å²) in [6.45, 7) is 2.49. The minimum atomic E-state index is -4.67. The van der Waals surface area contributed by atoms with E-state index in [0.717, 1.165) is 42.6 Å². The number of benzene rings is 1. The standard InChI is InChI=1S/C21H28F3N5O/c1-14-12-26-20(28-19(14)29(2)3)27-17-9-7-16(8-10-17)25-13-15-5-4-6-18(11-15)30-21(22,23)24/h4-6,11-12,16-17,25H,7-10,13H2,1-3H3,(H,26,27,28)/t16-,17+. The molecule has 30 heavy (non-hydrogen) atoms. The number of aryl methyl sites for hydroxylation is 1. The minimum Gasteiger partial charge on any atom is -0.406 e. The summed E-state index contributed by atoms with van der Waals surface area (Å²) in [4.78, 5) is 10.9. The Morgan fingerprint density at radius 1 is 1.13 bits per heavy atom. The van der Waals surface area contributed by atoms with Gasteiger partial charge in [0.05, 0.1) is 0 Å². The molecule has 3 rings (SSSR count). The van der Waals surface area contributed by atoms with Gasteiger partial charge in [0.1, 0.15) is 11.6 Å². The average Bonchev–Trinajstić information content (AvgIpc) is 2.68. The Morgan fingerprint density at radius 2 is 1.83 bits per heavy atom. The normalized spacial score (nSPS) is 19.4. The van der Waals surface area contributed by atoms with Gasteiger partial charge in [0.25, 0.3) is 0 Å². The summed E-state index contributed by atoms with van der Waals surface area (Å²) < 4.78 is 41.1. The van der Waals surface area contributed by atoms with Crippen LogP contribution in [0.2, 0.25) is 0 Å². The molecule has 164 valence electrons. The van der Waals surface area contributed by atoms with Crippen LogP contribution in [0.5, 0.6) is 5.75 Å². The molecular formula is C21H28F3N5O. The number of rotatable bonds is 7. The van der Waals surface area contributed by atoms with Crippen molar-refractivity contribution >= 4 is 11.8 Å². The minimum absolute atomic E-state index is 0.190. The number of nitrogens with zero attached hydrogens (tertiary/aromatic N) is 3. The molecule has 1 aliphatic rings. The zero-order valence-electron chi connectivity index (χ0n) is 17.5. The zero-order chi connectivity index (χ0) is 21.7. The molecule has 6 nitrogen and oxygen atoms in total. The Morgan fingerprint density at radius 3 is 2.50 bits per heavy atom. The van der Waals surface area contributed by atoms with E-state index in [0.29, 0.717) is 24.6 Å². The van der Waals surface area contributed by atoms with E-state index in [4.69, 9.17) is 0 Å². The van der Waals surface area contributed by atoms with Gasteiger partial charge in [0, 0.05) is 44.5 Å². The summed E-state index contributed by atoms with van der Waals surface area (Å²) in [6.07, 6.45) is 1.05. The average molecular weight is 423 g/mol. The second-order valence-electron chi connectivity index (χ2n) is 7.86. The second kappa shape index (κ2) is 9.51. The third-order valence-electron chi connectivity index (χ3n) is 5.16. The maximum absolute atomic E-state index is 12.4. The molecule has 0 saturated heterocycles. The summed E-state index contributed by atoms with van der Waals surface area (Å²) in [5.74, 6) is 1.35. The van der Waals surface area contributed by atoms with Gasteiger partial charge in [0.15, 0.2) is 0 Å². The molecule has 0 amide bonds. The van der Waals surface area contributed by atoms with Gasteiger partial charge < -0.3 is 20.3 Å². The molecule has 1 fully saturated rings. The van der Waals surface area contributed by atoms with E-state index >= 15 is 0 Å². The summed E-state index contributed by atoms with van der Waals surface area (Å²) in [5.41, 5.74) is 1.80. The molecule has 0 spiro atoms. The first-order chi connectivity index (χ1) is 14.2. The summed E-state index contributed by atoms with van der Waals surface area (Å²) >= 11 is 0. The quantitative estimate of drug-likeness (QED) is 0.694. The topological polar surface area (TPSA) is 62.3 Å². The van der Waals surface area contributed by atoms with Gasteiger partial charge in [-0.05, 0) is 50.3 Å². The zero-order valence-corrected chi connectivity index (χ0v) is 17.5. The van der Waals surface area contributed by atoms with Crippen LogP contribution in [-0.4, -0.2) is 42.5 Å². The number of halogens is 3. The maximum Gasteiger partial charge on any atom is 0.573 e. The van der Waals surface area contributed by atoms with Crippen LogP contribution in [0.3, 0.4) is 0 Å². The van der Waals surface area contributed by atoms with Crippen molar-refractivity contribution in [1.82, 2.24) is 15.3 Å². The first-order valence-corrected chi connectivity index (χ1v) is 10.0. The lowest BCUT2D eigenvalue weighted by Crippen LogP contribution is -2.37. The lowest BCUT2D eigenvalue weighted by molar-refractivity contribution is -0.274. The highest BCUT2D eigenvalue weighted by Crippen LogP contribution is 2.25. The van der Waals surface area contributed by atoms with E-state index in [1.54, 1.807) is 12.1 Å². The molecule has 2 aromatic rings. The van der Waals surface area contributed by atoms with E-state index < -0.39 is 6.36 Å². The molecule has 1 aromatic carbocycles. The van der Waals surface area contributed by atoms with E-state index in [1.165, 1.54) is 12.1 Å². The van der Waals surface area contributed by atoms with Crippen LogP contribution >= 0.6 is 0 Å². The van der Waals surface area contributed by atoms with Crippen LogP contribution in [0.4, 0.5) is 24.9 Å². The van der Waals surface area contributed by atoms with Crippen LogP contribution < -0.4 is 20.3 Å². The molecule has 0 unspecified atom stereocenters. The summed E-state index contributed by atoms with van der Waals surface area (Å²) in [5, 5.41) is 6.87. The third kappa shape index (κ3) is 6.48. The first kappa shape index (κ1) is 22.1. The summed E-state index contributed by atoms with van der Waals surface area (Å²) in [7, 11) is 3.92. The van der Waals surface area contributed by atoms with Gasteiger partial charge in [-0.3, -0.25) is 0 Å². The van der Waals surface area contributed by atoms with Gasteiger partial charge >= 0.3 is 6.36 Å². The monoisotopic (exact) mass is 423 g/mol. The number of ether oxygens (including phenoxy) is 1. The smallest absolute Gasteiger partial charge is 0.406 e. The third-order valence-corrected chi connectivity index (χ3v) is 5.16. The van der Waals surface area contributed by atoms with Gasteiger partial charge in [0.2, 0.25) is 5.95 Å². The SMILES string of the molecule is Cc1cnc(N[C@H]2CC[C@@H](NCc3cccc(OC(F)(F)F)c3)CC2)nc1N(C)C. The fraction of sp³-hybridized carbons (Fsp3) is 0.524. The van der Waals surface area contributed by atoms with Crippen molar-refractivity contribution in [3.05, 3.63) is 41.6 Å². The van der Waals surface area contributed by atoms with Gasteiger partial charge in [-0.2, -0.15) is 4.98 Å². The fourth-order valence-electron chi connectivity index (χ4n) is 3.69. The Bertz CT molecular complexity index is 836. The number of anilines is 2. The summed E-state index contributed by atoms with van der Waals surface area (Å²) in [6, 6.07) is 6.73. The van der Waals surface area contributed by atoms with Crippen molar-refractivity contribution in [1.29, 1.82) is 0 Å². The van der Waals surface area contributed by atoms with Crippen LogP contribution in [-0.2, 0) is 6.54 Å². The Hall–Kier alpha value is -2.55. The number of nitrogens with one attached hydrogen (secondary N) is 2. The van der Waals surface area contributed by atoms with Gasteiger partial charge in [-0.25, -0.2) is 4.98 Å². The van der Waals surface area contributed by atoms with Gasteiger partial charge in [-0.15, -0.1) is 13.2 Å². The Balaban J connectivity index is 1.46. The number of hydrogen-bond acceptors (Lipinski definition) is 6. The second-order valence-corrected chi connectivity index (χ2v) is 7.86. The molecule has 1 saturated carbocycles. The molecular weight excluding hydrogens is 395 g/mol. The van der Waals surface area contributed by atoms with Gasteiger partial charge in [-0.1, -0.05) is 12.1 Å². The van der Waals surface area contributed by atoms with Crippen LogP contribution in [0.15, 0.2) is 30.5 Å². The molecule has 1 heterocycles. The molecule has 1 aromatic heterocycles. The molecule has 1 aliphatic carbocycles. The first-order valence-electron chi connectivity index (χ1n) is 10.0. The van der Waals surface area contributed by atoms with Crippen molar-refractivity contribution in [3.63, 3.8) is 0 Å². The molecule has 0 bridgehead atoms. The van der Waals surface area contributed by atoms with E-state index in [1.807, 2.05) is 32.1 Å². The lowest BCUT2D eigenvalue weighted by atomic mass is 9.91. The van der Waals surface area contributed by atoms with E-state index in [9.17, 15) is 13.2 Å². The van der Waals surface area contributed by atoms with Crippen LogP contribution in [0.25, 0.3) is 0 Å². The highest BCUT2D eigenvalue weighted by atomic mass is 19.4. The van der Waals surface area contributed by atoms with E-state index in [2.05, 4.69) is 25.3 Å². The van der Waals surface area contributed by atoms with Crippen molar-refractivity contribution in [2.75, 3.05) is 24.3 Å². The van der Waals surface area contributed by atoms with E-state index in [-0.39, 0.29) is 5.75 Å². The molecule has 0 radical (unpaired) electrons. The Labute approximate surface area is 174 Å². The predicted octanol–water partition coefficient (Wildman–Crippen LogP) is 4.26.